The van der Waals surface area contributed by atoms with E-state index in [0.29, 0.717) is 51.7 Å². The van der Waals surface area contributed by atoms with Crippen LogP contribution in [0.25, 0.3) is 0 Å². The summed E-state index contributed by atoms with van der Waals surface area (Å²) in [6.45, 7) is 7.32. The van der Waals surface area contributed by atoms with E-state index in [1.165, 1.54) is 5.56 Å². The first-order valence-electron chi connectivity index (χ1n) is 10.2. The highest BCUT2D eigenvalue weighted by Crippen LogP contribution is 2.41. The first kappa shape index (κ1) is 21.7. The summed E-state index contributed by atoms with van der Waals surface area (Å²) in [4.78, 5) is 0. The second kappa shape index (κ2) is 10.7. The van der Waals surface area contributed by atoms with Crippen molar-refractivity contribution in [2.45, 2.75) is 51.3 Å². The third-order valence-corrected chi connectivity index (χ3v) is 5.48. The molecule has 1 saturated carbocycles. The fourth-order valence-electron chi connectivity index (χ4n) is 4.06. The highest BCUT2D eigenvalue weighted by molar-refractivity contribution is 5.13. The zero-order valence-electron chi connectivity index (χ0n) is 17.3. The summed E-state index contributed by atoms with van der Waals surface area (Å²) in [7, 11) is 1.66. The molecular weight excluding hydrogens is 360 g/mol. The third kappa shape index (κ3) is 6.51. The fourth-order valence-corrected chi connectivity index (χ4v) is 4.06. The molecule has 0 unspecified atom stereocenters. The van der Waals surface area contributed by atoms with Crippen LogP contribution in [0.1, 0.15) is 32.3 Å². The molecule has 28 heavy (non-hydrogen) atoms. The van der Waals surface area contributed by atoms with Crippen LogP contribution in [-0.2, 0) is 35.0 Å². The van der Waals surface area contributed by atoms with Crippen LogP contribution >= 0.6 is 0 Å². The van der Waals surface area contributed by atoms with Gasteiger partial charge in [-0.3, -0.25) is 0 Å². The molecule has 6 nitrogen and oxygen atoms in total. The monoisotopic (exact) mass is 394 g/mol. The summed E-state index contributed by atoms with van der Waals surface area (Å²) >= 11 is 0. The van der Waals surface area contributed by atoms with Gasteiger partial charge < -0.3 is 28.4 Å². The van der Waals surface area contributed by atoms with E-state index in [1.54, 1.807) is 7.11 Å². The van der Waals surface area contributed by atoms with Gasteiger partial charge in [-0.25, -0.2) is 0 Å². The Balaban J connectivity index is 1.50. The van der Waals surface area contributed by atoms with Crippen LogP contribution in [0.5, 0.6) is 0 Å². The van der Waals surface area contributed by atoms with Gasteiger partial charge in [0.2, 0.25) is 0 Å². The van der Waals surface area contributed by atoms with Crippen molar-refractivity contribution in [2.75, 3.05) is 40.3 Å². The van der Waals surface area contributed by atoms with E-state index in [-0.39, 0.29) is 12.2 Å². The maximum absolute atomic E-state index is 6.15. The molecule has 0 bridgehead atoms. The Morgan fingerprint density at radius 3 is 2.61 bits per heavy atom. The Morgan fingerprint density at radius 1 is 1.07 bits per heavy atom. The number of methoxy groups -OCH3 is 1. The van der Waals surface area contributed by atoms with Crippen LogP contribution in [0, 0.1) is 11.8 Å². The SMILES string of the molecule is COCCOCO[C@H]1C[C@@H](COCc2ccccc2)[C@H]([C@H]2COC(C)(C)O2)C1. The lowest BCUT2D eigenvalue weighted by molar-refractivity contribution is -0.147. The number of rotatable bonds is 11. The van der Waals surface area contributed by atoms with Crippen LogP contribution in [0.3, 0.4) is 0 Å². The van der Waals surface area contributed by atoms with Gasteiger partial charge in [0.25, 0.3) is 0 Å². The average molecular weight is 395 g/mol. The first-order valence-corrected chi connectivity index (χ1v) is 10.2. The zero-order chi connectivity index (χ0) is 19.8. The Kier molecular flexibility index (Phi) is 8.26. The Hall–Kier alpha value is -1.02. The van der Waals surface area contributed by atoms with Crippen molar-refractivity contribution in [3.63, 3.8) is 0 Å². The van der Waals surface area contributed by atoms with Crippen molar-refractivity contribution in [1.82, 2.24) is 0 Å². The first-order chi connectivity index (χ1) is 13.6. The minimum atomic E-state index is -0.512. The normalized spacial score (nSPS) is 29.4. The maximum Gasteiger partial charge on any atom is 0.163 e. The molecule has 1 saturated heterocycles. The van der Waals surface area contributed by atoms with E-state index >= 15 is 0 Å². The van der Waals surface area contributed by atoms with Crippen LogP contribution in [0.2, 0.25) is 0 Å². The lowest BCUT2D eigenvalue weighted by Gasteiger charge is -2.25. The number of ether oxygens (including phenoxy) is 6. The smallest absolute Gasteiger partial charge is 0.163 e. The quantitative estimate of drug-likeness (QED) is 0.424. The molecule has 1 heterocycles. The zero-order valence-corrected chi connectivity index (χ0v) is 17.3. The maximum atomic E-state index is 6.15. The topological polar surface area (TPSA) is 55.4 Å². The van der Waals surface area contributed by atoms with Crippen molar-refractivity contribution >= 4 is 0 Å². The van der Waals surface area contributed by atoms with Crippen molar-refractivity contribution < 1.29 is 28.4 Å². The van der Waals surface area contributed by atoms with Crippen LogP contribution < -0.4 is 0 Å². The van der Waals surface area contributed by atoms with E-state index in [4.69, 9.17) is 28.4 Å². The number of hydrogen-bond donors (Lipinski definition) is 0. The molecule has 0 radical (unpaired) electrons. The van der Waals surface area contributed by atoms with Gasteiger partial charge >= 0.3 is 0 Å². The highest BCUT2D eigenvalue weighted by Gasteiger charge is 2.45. The molecule has 2 fully saturated rings. The summed E-state index contributed by atoms with van der Waals surface area (Å²) in [5.41, 5.74) is 1.19. The summed E-state index contributed by atoms with van der Waals surface area (Å²) in [5.74, 6) is 0.235. The van der Waals surface area contributed by atoms with Gasteiger partial charge in [0.1, 0.15) is 6.79 Å². The van der Waals surface area contributed by atoms with Crippen LogP contribution in [0.4, 0.5) is 0 Å². The molecule has 4 atom stereocenters. The Morgan fingerprint density at radius 2 is 1.89 bits per heavy atom. The Labute approximate surface area is 168 Å². The van der Waals surface area contributed by atoms with Gasteiger partial charge in [0.15, 0.2) is 5.79 Å². The number of benzene rings is 1. The van der Waals surface area contributed by atoms with Gasteiger partial charge in [0.05, 0.1) is 45.2 Å². The molecule has 1 aliphatic heterocycles. The molecule has 6 heteroatoms. The lowest BCUT2D eigenvalue weighted by Crippen LogP contribution is -2.30. The van der Waals surface area contributed by atoms with Gasteiger partial charge in [-0.15, -0.1) is 0 Å². The standard InChI is InChI=1S/C22H34O6/c1-22(2)27-15-21(28-22)20-12-19(26-16-24-10-9-23-3)11-18(20)14-25-13-17-7-5-4-6-8-17/h4-8,18-21H,9-16H2,1-3H3/t18-,19-,20+,21+/m0/s1. The fraction of sp³-hybridized carbons (Fsp3) is 0.727. The molecule has 0 aromatic heterocycles. The van der Waals surface area contributed by atoms with Gasteiger partial charge in [-0.05, 0) is 44.1 Å². The molecular formula is C22H34O6. The van der Waals surface area contributed by atoms with E-state index in [0.717, 1.165) is 12.8 Å². The molecule has 0 N–H and O–H groups in total. The summed E-state index contributed by atoms with van der Waals surface area (Å²) in [6, 6.07) is 10.3. The number of hydrogen-bond acceptors (Lipinski definition) is 6. The second-order valence-electron chi connectivity index (χ2n) is 8.07. The third-order valence-electron chi connectivity index (χ3n) is 5.48. The average Bonchev–Trinajstić information content (AvgIpc) is 3.25. The largest absolute Gasteiger partial charge is 0.382 e. The molecule has 2 aliphatic rings. The molecule has 158 valence electrons. The van der Waals surface area contributed by atoms with Gasteiger partial charge in [-0.1, -0.05) is 30.3 Å². The summed E-state index contributed by atoms with van der Waals surface area (Å²) in [5, 5.41) is 0. The minimum absolute atomic E-state index is 0.0864. The predicted octanol–water partition coefficient (Wildman–Crippen LogP) is 3.39. The Bertz CT molecular complexity index is 563. The van der Waals surface area contributed by atoms with Gasteiger partial charge in [0, 0.05) is 7.11 Å². The molecule has 1 aromatic carbocycles. The highest BCUT2D eigenvalue weighted by atomic mass is 16.7. The van der Waals surface area contributed by atoms with Crippen molar-refractivity contribution in [3.05, 3.63) is 35.9 Å². The predicted molar refractivity (Wildman–Crippen MR) is 105 cm³/mol. The summed E-state index contributed by atoms with van der Waals surface area (Å²) in [6.07, 6.45) is 2.14. The molecule has 3 rings (SSSR count). The summed E-state index contributed by atoms with van der Waals surface area (Å²) < 4.78 is 34.4. The molecule has 1 aromatic rings. The molecule has 0 spiro atoms. The van der Waals surface area contributed by atoms with E-state index in [9.17, 15) is 0 Å². The van der Waals surface area contributed by atoms with Crippen LogP contribution in [-0.4, -0.2) is 58.3 Å². The van der Waals surface area contributed by atoms with Crippen molar-refractivity contribution in [2.24, 2.45) is 11.8 Å². The second-order valence-corrected chi connectivity index (χ2v) is 8.07. The molecule has 1 aliphatic carbocycles. The van der Waals surface area contributed by atoms with Crippen molar-refractivity contribution in [3.8, 4) is 0 Å². The van der Waals surface area contributed by atoms with Crippen molar-refractivity contribution in [1.29, 1.82) is 0 Å². The van der Waals surface area contributed by atoms with Crippen LogP contribution in [0.15, 0.2) is 30.3 Å². The van der Waals surface area contributed by atoms with E-state index in [1.807, 2.05) is 32.0 Å². The lowest BCUT2D eigenvalue weighted by atomic mass is 9.91. The van der Waals surface area contributed by atoms with Gasteiger partial charge in [-0.2, -0.15) is 0 Å². The minimum Gasteiger partial charge on any atom is -0.382 e. The van der Waals surface area contributed by atoms with E-state index < -0.39 is 5.79 Å². The van der Waals surface area contributed by atoms with E-state index in [2.05, 4.69) is 12.1 Å². The molecule has 0 amide bonds.